The van der Waals surface area contributed by atoms with E-state index in [1.807, 2.05) is 0 Å². The second kappa shape index (κ2) is 12.5. The number of rotatable bonds is 2. The van der Waals surface area contributed by atoms with Crippen LogP contribution in [0.4, 0.5) is 132 Å². The van der Waals surface area contributed by atoms with Gasteiger partial charge in [-0.3, -0.25) is 0 Å². The van der Waals surface area contributed by atoms with Crippen LogP contribution in [0.5, 0.6) is 0 Å². The van der Waals surface area contributed by atoms with Crippen molar-refractivity contribution in [2.75, 3.05) is 0 Å². The minimum atomic E-state index is -7.81. The summed E-state index contributed by atoms with van der Waals surface area (Å²) < 4.78 is 417. The lowest BCUT2D eigenvalue weighted by Gasteiger charge is -2.33. The van der Waals surface area contributed by atoms with Crippen molar-refractivity contribution in [3.63, 3.8) is 0 Å². The van der Waals surface area contributed by atoms with Crippen molar-refractivity contribution >= 4 is 19.9 Å². The van der Waals surface area contributed by atoms with Crippen molar-refractivity contribution in [2.45, 2.75) is 61.8 Å². The molecular weight excluding hydrogens is 862 g/mol. The first-order chi connectivity index (χ1) is 22.7. The summed E-state index contributed by atoms with van der Waals surface area (Å²) in [5, 5.41) is -8.95. The monoisotopic (exact) mass is 864 g/mol. The van der Waals surface area contributed by atoms with Gasteiger partial charge in [0.1, 0.15) is 0 Å². The molecule has 0 aliphatic heterocycles. The van der Waals surface area contributed by atoms with E-state index in [2.05, 4.69) is 0 Å². The Labute approximate surface area is 270 Å². The van der Waals surface area contributed by atoms with Crippen LogP contribution in [0.1, 0.15) is 55.6 Å². The molecule has 304 valence electrons. The van der Waals surface area contributed by atoms with E-state index in [1.165, 1.54) is 0 Å². The molecule has 0 spiro atoms. The van der Waals surface area contributed by atoms with Crippen molar-refractivity contribution in [2.24, 2.45) is 0 Å². The Morgan fingerprint density at radius 2 is 0.264 bits per heavy atom. The van der Waals surface area contributed by atoms with Crippen molar-refractivity contribution in [3.8, 4) is 0 Å². The highest BCUT2D eigenvalue weighted by Gasteiger charge is 2.63. The zero-order chi connectivity index (χ0) is 42.6. The topological polar surface area (TPSA) is 0 Å². The maximum absolute atomic E-state index is 14.1. The minimum Gasteiger partial charge on any atom is -0.166 e. The highest BCUT2D eigenvalue weighted by molar-refractivity contribution is 6.69. The molecule has 0 N–H and O–H groups in total. The third kappa shape index (κ3) is 8.93. The third-order valence-corrected chi connectivity index (χ3v) is 8.52. The average Bonchev–Trinajstić information content (AvgIpc) is 2.80. The summed E-state index contributed by atoms with van der Waals surface area (Å²) >= 11 is 0. The molecule has 53 heavy (non-hydrogen) atoms. The second-order valence-corrected chi connectivity index (χ2v) is 11.6. The average molecular weight is 864 g/mol. The Kier molecular flexibility index (Phi) is 10.8. The highest BCUT2D eigenvalue weighted by atomic mass is 28.2. The molecule has 0 aliphatic carbocycles. The predicted molar refractivity (Wildman–Crippen MR) is 111 cm³/mol. The summed E-state index contributed by atoms with van der Waals surface area (Å²) in [6.07, 6.45) is -77.8. The van der Waals surface area contributed by atoms with Crippen molar-refractivity contribution in [1.29, 1.82) is 0 Å². The Balaban J connectivity index is 3.96. The molecular formula is C22H2F30Si. The number of benzene rings is 2. The molecule has 0 heterocycles. The van der Waals surface area contributed by atoms with E-state index in [-0.39, 0.29) is 0 Å². The van der Waals surface area contributed by atoms with E-state index in [1.54, 1.807) is 0 Å². The Morgan fingerprint density at radius 3 is 0.358 bits per heavy atom. The van der Waals surface area contributed by atoms with Gasteiger partial charge in [0.05, 0.1) is 65.2 Å². The molecule has 0 saturated carbocycles. The van der Waals surface area contributed by atoms with E-state index >= 15 is 0 Å². The summed E-state index contributed by atoms with van der Waals surface area (Å²) in [6, 6.07) is 0. The molecule has 0 atom stereocenters. The predicted octanol–water partition coefficient (Wildman–Crippen LogP) is 11.0. The Morgan fingerprint density at radius 1 is 0.170 bits per heavy atom. The number of hydrogen-bond acceptors (Lipinski definition) is 0. The maximum atomic E-state index is 14.1. The summed E-state index contributed by atoms with van der Waals surface area (Å²) in [5.41, 5.74) is -50.0. The SMILES string of the molecule is FC(F)(F)c1c([SiH2]c2c(C(F)(F)F)c(C(F)(F)F)c(C(F)(F)F)c(C(F)(F)F)c2C(F)(F)F)c(C(F)(F)F)c(C(F)(F)F)c(C(F)(F)F)c1C(F)(F)F. The zero-order valence-electron chi connectivity index (χ0n) is 23.0. The zero-order valence-corrected chi connectivity index (χ0v) is 24.5. The van der Waals surface area contributed by atoms with Crippen LogP contribution in [0, 0.1) is 0 Å². The molecule has 2 aromatic rings. The van der Waals surface area contributed by atoms with E-state index in [0.29, 0.717) is 0 Å². The van der Waals surface area contributed by atoms with Gasteiger partial charge in [0.2, 0.25) is 0 Å². The largest absolute Gasteiger partial charge is 0.417 e. The summed E-state index contributed by atoms with van der Waals surface area (Å²) in [4.78, 5) is 0. The second-order valence-electron chi connectivity index (χ2n) is 9.86. The van der Waals surface area contributed by atoms with E-state index < -0.39 is 137 Å². The van der Waals surface area contributed by atoms with Gasteiger partial charge < -0.3 is 0 Å². The van der Waals surface area contributed by atoms with Crippen molar-refractivity contribution < 1.29 is 132 Å². The van der Waals surface area contributed by atoms with Crippen LogP contribution in [-0.2, 0) is 61.8 Å². The van der Waals surface area contributed by atoms with Crippen LogP contribution in [-0.4, -0.2) is 9.52 Å². The van der Waals surface area contributed by atoms with Crippen LogP contribution in [0.2, 0.25) is 0 Å². The van der Waals surface area contributed by atoms with Gasteiger partial charge in [-0.2, -0.15) is 132 Å². The molecule has 0 saturated heterocycles. The molecule has 31 heteroatoms. The van der Waals surface area contributed by atoms with E-state index in [9.17, 15) is 132 Å². The summed E-state index contributed by atoms with van der Waals surface area (Å²) in [6.45, 7) is 0. The van der Waals surface area contributed by atoms with Crippen molar-refractivity contribution in [1.82, 2.24) is 0 Å². The van der Waals surface area contributed by atoms with Gasteiger partial charge >= 0.3 is 61.8 Å². The Bertz CT molecular complexity index is 1480. The first-order valence-corrected chi connectivity index (χ1v) is 13.3. The Hall–Kier alpha value is -3.44. The van der Waals surface area contributed by atoms with Crippen LogP contribution < -0.4 is 10.4 Å². The fourth-order valence-electron chi connectivity index (χ4n) is 5.09. The lowest BCUT2D eigenvalue weighted by atomic mass is 9.88. The van der Waals surface area contributed by atoms with Crippen LogP contribution >= 0.6 is 0 Å². The number of alkyl halides is 30. The fraction of sp³-hybridized carbons (Fsp3) is 0.455. The molecule has 0 radical (unpaired) electrons. The maximum Gasteiger partial charge on any atom is 0.417 e. The van der Waals surface area contributed by atoms with Crippen LogP contribution in [0.25, 0.3) is 0 Å². The smallest absolute Gasteiger partial charge is 0.166 e. The first kappa shape index (κ1) is 45.7. The molecule has 0 aromatic heterocycles. The molecule has 0 aliphatic rings. The molecule has 2 rings (SSSR count). The van der Waals surface area contributed by atoms with Gasteiger partial charge in [-0.15, -0.1) is 0 Å². The van der Waals surface area contributed by atoms with Gasteiger partial charge in [0.25, 0.3) is 0 Å². The standard InChI is InChI=1S/C22H2F30Si/c23-13(24,25)1-3(15(29,30)31)7(19(41,42)43)11(8(20(44,45)46)4(1)16(32,33)34)53-12-9(21(47,48)49)5(17(35,36)37)2(14(26,27)28)6(18(38,39)40)10(12)22(50,51)52/h53H2. The van der Waals surface area contributed by atoms with Crippen LogP contribution in [0.15, 0.2) is 0 Å². The molecule has 0 unspecified atom stereocenters. The van der Waals surface area contributed by atoms with Gasteiger partial charge in [0, 0.05) is 0 Å². The van der Waals surface area contributed by atoms with Gasteiger partial charge in [-0.1, -0.05) is 0 Å². The third-order valence-electron chi connectivity index (χ3n) is 6.40. The minimum absolute atomic E-state index is 4.48. The van der Waals surface area contributed by atoms with E-state index in [4.69, 9.17) is 0 Å². The number of halogens is 30. The van der Waals surface area contributed by atoms with Crippen LogP contribution in [0.3, 0.4) is 0 Å². The highest BCUT2D eigenvalue weighted by Crippen LogP contribution is 2.56. The van der Waals surface area contributed by atoms with E-state index in [0.717, 1.165) is 0 Å². The molecule has 0 bridgehead atoms. The summed E-state index contributed by atoms with van der Waals surface area (Å²) in [7, 11) is -6.72. The number of hydrogen-bond donors (Lipinski definition) is 0. The lowest BCUT2D eigenvalue weighted by molar-refractivity contribution is -0.188. The molecule has 0 amide bonds. The van der Waals surface area contributed by atoms with Gasteiger partial charge in [0.15, 0.2) is 0 Å². The summed E-state index contributed by atoms with van der Waals surface area (Å²) in [5.74, 6) is 0. The van der Waals surface area contributed by atoms with Gasteiger partial charge in [-0.05, 0) is 10.4 Å². The lowest BCUT2D eigenvalue weighted by Crippen LogP contribution is -2.49. The van der Waals surface area contributed by atoms with Gasteiger partial charge in [-0.25, -0.2) is 0 Å². The molecule has 2 aromatic carbocycles. The quantitative estimate of drug-likeness (QED) is 0.208. The van der Waals surface area contributed by atoms with Crippen molar-refractivity contribution in [3.05, 3.63) is 55.6 Å². The normalized spacial score (nSPS) is 15.1. The molecule has 0 fully saturated rings. The fourth-order valence-corrected chi connectivity index (χ4v) is 7.66. The molecule has 0 nitrogen and oxygen atoms in total. The first-order valence-electron chi connectivity index (χ1n) is 11.9.